The van der Waals surface area contributed by atoms with Gasteiger partial charge in [0.05, 0.1) is 5.56 Å². The van der Waals surface area contributed by atoms with Crippen molar-refractivity contribution in [2.75, 3.05) is 0 Å². The summed E-state index contributed by atoms with van der Waals surface area (Å²) in [7, 11) is 0. The molecule has 3 rings (SSSR count). The molecule has 0 fully saturated rings. The van der Waals surface area contributed by atoms with E-state index in [0.29, 0.717) is 11.6 Å². The lowest BCUT2D eigenvalue weighted by Crippen LogP contribution is -2.24. The Bertz CT molecular complexity index is 665. The first kappa shape index (κ1) is 14.6. The molecule has 1 aliphatic rings. The molecule has 1 atom stereocenters. The van der Waals surface area contributed by atoms with Gasteiger partial charge in [0, 0.05) is 21.8 Å². The molecule has 1 aromatic carbocycles. The van der Waals surface area contributed by atoms with Gasteiger partial charge in [0.15, 0.2) is 0 Å². The van der Waals surface area contributed by atoms with Crippen LogP contribution in [0, 0.1) is 5.92 Å². The van der Waals surface area contributed by atoms with Crippen molar-refractivity contribution >= 4 is 28.8 Å². The van der Waals surface area contributed by atoms with Crippen molar-refractivity contribution in [1.29, 1.82) is 0 Å². The number of hydrogen-bond donors (Lipinski definition) is 1. The monoisotopic (exact) mass is 319 g/mol. The average Bonchev–Trinajstić information content (AvgIpc) is 2.89. The van der Waals surface area contributed by atoms with Gasteiger partial charge in [-0.1, -0.05) is 36.7 Å². The van der Waals surface area contributed by atoms with Crippen molar-refractivity contribution in [1.82, 2.24) is 5.32 Å². The number of carbonyl (C=O) groups excluding carboxylic acids is 1. The number of halogens is 1. The number of nitrogens with one attached hydrogen (secondary N) is 1. The second-order valence-electron chi connectivity index (χ2n) is 5.67. The highest BCUT2D eigenvalue weighted by Gasteiger charge is 2.23. The Morgan fingerprint density at radius 3 is 3.05 bits per heavy atom. The zero-order valence-electron chi connectivity index (χ0n) is 12.0. The molecule has 110 valence electrons. The van der Waals surface area contributed by atoms with Crippen LogP contribution in [-0.4, -0.2) is 5.91 Å². The molecule has 0 unspecified atom stereocenters. The molecule has 0 spiro atoms. The number of thiophene rings is 1. The smallest absolute Gasteiger partial charge is 0.252 e. The van der Waals surface area contributed by atoms with Gasteiger partial charge in [0.25, 0.3) is 5.91 Å². The van der Waals surface area contributed by atoms with Crippen LogP contribution in [0.1, 0.15) is 39.7 Å². The van der Waals surface area contributed by atoms with Gasteiger partial charge in [-0.3, -0.25) is 4.79 Å². The molecule has 0 bridgehead atoms. The number of hydrogen-bond acceptors (Lipinski definition) is 2. The average molecular weight is 320 g/mol. The minimum atomic E-state index is 0.0157. The number of rotatable bonds is 3. The summed E-state index contributed by atoms with van der Waals surface area (Å²) in [5.41, 5.74) is 3.06. The molecule has 0 saturated heterocycles. The second kappa shape index (κ2) is 6.20. The third-order valence-electron chi connectivity index (χ3n) is 4.04. The first-order valence-corrected chi connectivity index (χ1v) is 8.51. The minimum absolute atomic E-state index is 0.0157. The fraction of sp³-hybridized carbons (Fsp3) is 0.353. The number of amides is 1. The highest BCUT2D eigenvalue weighted by atomic mass is 35.5. The lowest BCUT2D eigenvalue weighted by molar-refractivity contribution is 0.0950. The largest absolute Gasteiger partial charge is 0.348 e. The predicted molar refractivity (Wildman–Crippen MR) is 88.1 cm³/mol. The fourth-order valence-corrected chi connectivity index (χ4v) is 4.23. The zero-order chi connectivity index (χ0) is 14.8. The van der Waals surface area contributed by atoms with Gasteiger partial charge in [0.1, 0.15) is 0 Å². The maximum absolute atomic E-state index is 12.4. The standard InChI is InChI=1S/C17H18ClNOS/c1-11-6-7-13-14(10-21-16(13)8-11)17(20)19-9-12-4-2-3-5-15(12)18/h2-5,10-11H,6-9H2,1H3,(H,19,20)/t11-/m0/s1. The fourth-order valence-electron chi connectivity index (χ4n) is 2.78. The molecule has 0 saturated carbocycles. The number of carbonyl (C=O) groups is 1. The molecular formula is C17H18ClNOS. The summed E-state index contributed by atoms with van der Waals surface area (Å²) in [5, 5.41) is 5.68. The van der Waals surface area contributed by atoms with Gasteiger partial charge in [-0.15, -0.1) is 11.3 Å². The normalized spacial score (nSPS) is 17.3. The summed E-state index contributed by atoms with van der Waals surface area (Å²) in [6.07, 6.45) is 3.31. The van der Waals surface area contributed by atoms with E-state index < -0.39 is 0 Å². The van der Waals surface area contributed by atoms with Crippen molar-refractivity contribution in [3.8, 4) is 0 Å². The predicted octanol–water partition coefficient (Wildman–Crippen LogP) is 4.46. The molecule has 0 aliphatic heterocycles. The molecule has 1 heterocycles. The minimum Gasteiger partial charge on any atom is -0.348 e. The Morgan fingerprint density at radius 1 is 1.43 bits per heavy atom. The topological polar surface area (TPSA) is 29.1 Å². The lowest BCUT2D eigenvalue weighted by atomic mass is 9.88. The van der Waals surface area contributed by atoms with E-state index in [1.807, 2.05) is 29.6 Å². The highest BCUT2D eigenvalue weighted by Crippen LogP contribution is 2.32. The van der Waals surface area contributed by atoms with E-state index in [1.54, 1.807) is 11.3 Å². The van der Waals surface area contributed by atoms with E-state index in [0.717, 1.165) is 29.9 Å². The molecule has 2 nitrogen and oxygen atoms in total. The first-order valence-electron chi connectivity index (χ1n) is 7.26. The van der Waals surface area contributed by atoms with Crippen LogP contribution in [-0.2, 0) is 19.4 Å². The van der Waals surface area contributed by atoms with Crippen molar-refractivity contribution in [3.63, 3.8) is 0 Å². The molecule has 1 N–H and O–H groups in total. The van der Waals surface area contributed by atoms with Crippen LogP contribution in [0.3, 0.4) is 0 Å². The SMILES string of the molecule is C[C@H]1CCc2c(C(=O)NCc3ccccc3Cl)csc2C1. The second-order valence-corrected chi connectivity index (χ2v) is 7.04. The summed E-state index contributed by atoms with van der Waals surface area (Å²) >= 11 is 7.84. The summed E-state index contributed by atoms with van der Waals surface area (Å²) in [4.78, 5) is 13.8. The number of fused-ring (bicyclic) bond motifs is 1. The van der Waals surface area contributed by atoms with Crippen LogP contribution in [0.4, 0.5) is 0 Å². The summed E-state index contributed by atoms with van der Waals surface area (Å²) in [6.45, 7) is 2.75. The van der Waals surface area contributed by atoms with Gasteiger partial charge in [-0.05, 0) is 42.4 Å². The van der Waals surface area contributed by atoms with E-state index in [9.17, 15) is 4.79 Å². The van der Waals surface area contributed by atoms with Crippen molar-refractivity contribution in [2.45, 2.75) is 32.7 Å². The van der Waals surface area contributed by atoms with Crippen LogP contribution in [0.15, 0.2) is 29.6 Å². The summed E-state index contributed by atoms with van der Waals surface area (Å²) in [6, 6.07) is 7.61. The van der Waals surface area contributed by atoms with Crippen LogP contribution in [0.25, 0.3) is 0 Å². The molecule has 1 aromatic heterocycles. The summed E-state index contributed by atoms with van der Waals surface area (Å²) < 4.78 is 0. The Labute approximate surface area is 134 Å². The van der Waals surface area contributed by atoms with Crippen molar-refractivity contribution in [2.24, 2.45) is 5.92 Å². The van der Waals surface area contributed by atoms with Crippen LogP contribution < -0.4 is 5.32 Å². The van der Waals surface area contributed by atoms with E-state index in [1.165, 1.54) is 16.9 Å². The third-order valence-corrected chi connectivity index (χ3v) is 5.46. The number of benzene rings is 1. The summed E-state index contributed by atoms with van der Waals surface area (Å²) in [5.74, 6) is 0.747. The van der Waals surface area contributed by atoms with E-state index >= 15 is 0 Å². The van der Waals surface area contributed by atoms with Crippen LogP contribution >= 0.6 is 22.9 Å². The maximum atomic E-state index is 12.4. The third kappa shape index (κ3) is 3.14. The highest BCUT2D eigenvalue weighted by molar-refractivity contribution is 7.10. The van der Waals surface area contributed by atoms with Gasteiger partial charge in [-0.25, -0.2) is 0 Å². The van der Waals surface area contributed by atoms with Crippen LogP contribution in [0.5, 0.6) is 0 Å². The maximum Gasteiger partial charge on any atom is 0.252 e. The quantitative estimate of drug-likeness (QED) is 0.889. The lowest BCUT2D eigenvalue weighted by Gasteiger charge is -2.18. The first-order chi connectivity index (χ1) is 10.1. The van der Waals surface area contributed by atoms with Crippen LogP contribution in [0.2, 0.25) is 5.02 Å². The van der Waals surface area contributed by atoms with Gasteiger partial charge in [-0.2, -0.15) is 0 Å². The molecule has 1 aliphatic carbocycles. The molecule has 0 radical (unpaired) electrons. The Hall–Kier alpha value is -1.32. The van der Waals surface area contributed by atoms with E-state index in [2.05, 4.69) is 12.2 Å². The zero-order valence-corrected chi connectivity index (χ0v) is 13.6. The van der Waals surface area contributed by atoms with Gasteiger partial charge < -0.3 is 5.32 Å². The Kier molecular flexibility index (Phi) is 4.32. The molecule has 4 heteroatoms. The molecule has 21 heavy (non-hydrogen) atoms. The van der Waals surface area contributed by atoms with E-state index in [4.69, 9.17) is 11.6 Å². The Balaban J connectivity index is 1.71. The van der Waals surface area contributed by atoms with Crippen molar-refractivity contribution < 1.29 is 4.79 Å². The Morgan fingerprint density at radius 2 is 2.24 bits per heavy atom. The molecular weight excluding hydrogens is 302 g/mol. The van der Waals surface area contributed by atoms with Gasteiger partial charge >= 0.3 is 0 Å². The van der Waals surface area contributed by atoms with Crippen molar-refractivity contribution in [3.05, 3.63) is 56.2 Å². The molecule has 2 aromatic rings. The van der Waals surface area contributed by atoms with Gasteiger partial charge in [0.2, 0.25) is 0 Å². The molecule has 1 amide bonds. The van der Waals surface area contributed by atoms with E-state index in [-0.39, 0.29) is 5.91 Å².